The molecule has 1 saturated heterocycles. The number of aryl methyl sites for hydroxylation is 2. The minimum atomic E-state index is -4.09. The van der Waals surface area contributed by atoms with Crippen LogP contribution >= 0.6 is 0 Å². The van der Waals surface area contributed by atoms with E-state index in [2.05, 4.69) is 10.4 Å². The summed E-state index contributed by atoms with van der Waals surface area (Å²) in [6, 6.07) is 0. The second-order valence-electron chi connectivity index (χ2n) is 5.91. The van der Waals surface area contributed by atoms with Gasteiger partial charge in [-0.05, 0) is 39.3 Å². The smallest absolute Gasteiger partial charge is 0.312 e. The van der Waals surface area contributed by atoms with Gasteiger partial charge < -0.3 is 5.32 Å². The number of halogens is 3. The van der Waals surface area contributed by atoms with E-state index in [0.717, 1.165) is 30.9 Å². The van der Waals surface area contributed by atoms with Crippen LogP contribution in [-0.4, -0.2) is 47.0 Å². The Morgan fingerprint density at radius 1 is 1.33 bits per heavy atom. The van der Waals surface area contributed by atoms with E-state index in [0.29, 0.717) is 19.0 Å². The van der Waals surface area contributed by atoms with E-state index < -0.39 is 12.7 Å². The molecule has 120 valence electrons. The normalized spacial score (nSPS) is 20.4. The largest absolute Gasteiger partial charge is 0.401 e. The summed E-state index contributed by atoms with van der Waals surface area (Å²) in [4.78, 5) is 1.49. The average molecular weight is 304 g/mol. The zero-order chi connectivity index (χ0) is 15.6. The quantitative estimate of drug-likeness (QED) is 0.903. The number of aromatic nitrogens is 2. The molecule has 0 amide bonds. The molecular weight excluding hydrogens is 281 g/mol. The summed E-state index contributed by atoms with van der Waals surface area (Å²) in [7, 11) is 1.91. The highest BCUT2D eigenvalue weighted by molar-refractivity contribution is 5.23. The van der Waals surface area contributed by atoms with Crippen molar-refractivity contribution in [2.45, 2.75) is 33.0 Å². The van der Waals surface area contributed by atoms with Gasteiger partial charge in [-0.25, -0.2) is 0 Å². The van der Waals surface area contributed by atoms with Crippen LogP contribution in [0.1, 0.15) is 23.4 Å². The van der Waals surface area contributed by atoms with Gasteiger partial charge in [-0.2, -0.15) is 18.3 Å². The molecule has 1 fully saturated rings. The highest BCUT2D eigenvalue weighted by Gasteiger charge is 2.34. The molecule has 1 aliphatic heterocycles. The first-order chi connectivity index (χ1) is 9.76. The molecule has 2 heterocycles. The van der Waals surface area contributed by atoms with E-state index in [1.807, 2.05) is 25.6 Å². The minimum Gasteiger partial charge on any atom is -0.312 e. The third-order valence-corrected chi connectivity index (χ3v) is 4.17. The van der Waals surface area contributed by atoms with Crippen LogP contribution in [0.2, 0.25) is 0 Å². The van der Waals surface area contributed by atoms with Crippen LogP contribution in [0.5, 0.6) is 0 Å². The Kier molecular flexibility index (Phi) is 4.93. The van der Waals surface area contributed by atoms with Crippen molar-refractivity contribution in [3.63, 3.8) is 0 Å². The molecule has 0 bridgehead atoms. The van der Waals surface area contributed by atoms with Gasteiger partial charge in [0.2, 0.25) is 0 Å². The summed E-state index contributed by atoms with van der Waals surface area (Å²) in [6.07, 6.45) is -3.26. The lowest BCUT2D eigenvalue weighted by molar-refractivity contribution is -0.143. The third-order valence-electron chi connectivity index (χ3n) is 4.17. The van der Waals surface area contributed by atoms with E-state index in [9.17, 15) is 13.2 Å². The Bertz CT molecular complexity index is 481. The first kappa shape index (κ1) is 16.3. The molecule has 0 unspecified atom stereocenters. The van der Waals surface area contributed by atoms with Crippen molar-refractivity contribution in [3.05, 3.63) is 17.0 Å². The Hall–Kier alpha value is -1.08. The molecule has 21 heavy (non-hydrogen) atoms. The fraction of sp³-hybridized carbons (Fsp3) is 0.786. The summed E-state index contributed by atoms with van der Waals surface area (Å²) in [5.74, 6) is 0.296. The van der Waals surface area contributed by atoms with Gasteiger partial charge in [0.25, 0.3) is 0 Å². The lowest BCUT2D eigenvalue weighted by Crippen LogP contribution is -2.33. The zero-order valence-corrected chi connectivity index (χ0v) is 12.8. The summed E-state index contributed by atoms with van der Waals surface area (Å²) >= 11 is 0. The lowest BCUT2D eigenvalue weighted by atomic mass is 10.1. The molecule has 0 aromatic carbocycles. The Morgan fingerprint density at radius 2 is 2.05 bits per heavy atom. The van der Waals surface area contributed by atoms with Crippen LogP contribution in [-0.2, 0) is 13.6 Å². The predicted molar refractivity (Wildman–Crippen MR) is 75.0 cm³/mol. The van der Waals surface area contributed by atoms with Gasteiger partial charge in [-0.1, -0.05) is 0 Å². The third kappa shape index (κ3) is 4.44. The molecule has 4 nitrogen and oxygen atoms in total. The maximum atomic E-state index is 12.3. The molecule has 0 spiro atoms. The van der Waals surface area contributed by atoms with E-state index >= 15 is 0 Å². The molecule has 1 N–H and O–H groups in total. The molecule has 0 aliphatic carbocycles. The van der Waals surface area contributed by atoms with Gasteiger partial charge >= 0.3 is 6.18 Å². The maximum absolute atomic E-state index is 12.3. The van der Waals surface area contributed by atoms with E-state index in [1.54, 1.807) is 0 Å². The number of alkyl halides is 3. The molecule has 1 aliphatic rings. The second kappa shape index (κ2) is 6.36. The first-order valence-corrected chi connectivity index (χ1v) is 7.25. The standard InChI is InChI=1S/C14H23F3N4/c1-10-13(11(2)20(3)19-10)7-18-6-12-4-5-21(8-12)9-14(15,16)17/h12,18H,4-9H2,1-3H3/t12-/m0/s1. The van der Waals surface area contributed by atoms with Gasteiger partial charge in [-0.3, -0.25) is 9.58 Å². The van der Waals surface area contributed by atoms with Gasteiger partial charge in [0.1, 0.15) is 0 Å². The molecule has 2 rings (SSSR count). The highest BCUT2D eigenvalue weighted by Crippen LogP contribution is 2.22. The van der Waals surface area contributed by atoms with Crippen LogP contribution in [0.25, 0.3) is 0 Å². The van der Waals surface area contributed by atoms with Gasteiger partial charge in [0.15, 0.2) is 0 Å². The lowest BCUT2D eigenvalue weighted by Gasteiger charge is -2.18. The zero-order valence-electron chi connectivity index (χ0n) is 12.8. The number of hydrogen-bond donors (Lipinski definition) is 1. The molecule has 0 radical (unpaired) electrons. The van der Waals surface area contributed by atoms with Gasteiger partial charge in [0.05, 0.1) is 12.2 Å². The predicted octanol–water partition coefficient (Wildman–Crippen LogP) is 2.01. The SMILES string of the molecule is Cc1nn(C)c(C)c1CNC[C@@H]1CCN(CC(F)(F)F)C1. The first-order valence-electron chi connectivity index (χ1n) is 7.25. The van der Waals surface area contributed by atoms with Crippen LogP contribution in [0.4, 0.5) is 13.2 Å². The Balaban J connectivity index is 1.75. The van der Waals surface area contributed by atoms with Crippen LogP contribution in [0.3, 0.4) is 0 Å². The van der Waals surface area contributed by atoms with E-state index in [1.165, 1.54) is 10.5 Å². The van der Waals surface area contributed by atoms with Crippen molar-refractivity contribution in [1.82, 2.24) is 20.0 Å². The van der Waals surface area contributed by atoms with Crippen molar-refractivity contribution in [2.75, 3.05) is 26.2 Å². The average Bonchev–Trinajstić information content (AvgIpc) is 2.87. The van der Waals surface area contributed by atoms with Crippen molar-refractivity contribution in [1.29, 1.82) is 0 Å². The second-order valence-corrected chi connectivity index (χ2v) is 5.91. The van der Waals surface area contributed by atoms with Crippen molar-refractivity contribution in [2.24, 2.45) is 13.0 Å². The topological polar surface area (TPSA) is 33.1 Å². The number of nitrogens with zero attached hydrogens (tertiary/aromatic N) is 3. The van der Waals surface area contributed by atoms with Gasteiger partial charge in [-0.15, -0.1) is 0 Å². The number of likely N-dealkylation sites (tertiary alicyclic amines) is 1. The summed E-state index contributed by atoms with van der Waals surface area (Å²) in [5, 5.41) is 7.72. The molecule has 7 heteroatoms. The fourth-order valence-electron chi connectivity index (χ4n) is 2.95. The Labute approximate surface area is 123 Å². The minimum absolute atomic E-state index is 0.296. The summed E-state index contributed by atoms with van der Waals surface area (Å²) in [5.41, 5.74) is 3.32. The van der Waals surface area contributed by atoms with Crippen LogP contribution in [0, 0.1) is 19.8 Å². The number of nitrogens with one attached hydrogen (secondary N) is 1. The number of rotatable bonds is 5. The Morgan fingerprint density at radius 3 is 2.62 bits per heavy atom. The number of hydrogen-bond acceptors (Lipinski definition) is 3. The highest BCUT2D eigenvalue weighted by atomic mass is 19.4. The van der Waals surface area contributed by atoms with Crippen molar-refractivity contribution >= 4 is 0 Å². The molecule has 1 atom stereocenters. The summed E-state index contributed by atoms with van der Waals surface area (Å²) < 4.78 is 38.9. The van der Waals surface area contributed by atoms with Crippen LogP contribution < -0.4 is 5.32 Å². The van der Waals surface area contributed by atoms with E-state index in [4.69, 9.17) is 0 Å². The van der Waals surface area contributed by atoms with Crippen LogP contribution in [0.15, 0.2) is 0 Å². The van der Waals surface area contributed by atoms with Crippen molar-refractivity contribution in [3.8, 4) is 0 Å². The molecular formula is C14H23F3N4. The molecule has 1 aromatic rings. The fourth-order valence-corrected chi connectivity index (χ4v) is 2.95. The van der Waals surface area contributed by atoms with E-state index in [-0.39, 0.29) is 0 Å². The molecule has 1 aromatic heterocycles. The summed E-state index contributed by atoms with van der Waals surface area (Å²) in [6.45, 7) is 5.75. The maximum Gasteiger partial charge on any atom is 0.401 e. The molecule has 0 saturated carbocycles. The monoisotopic (exact) mass is 304 g/mol. The van der Waals surface area contributed by atoms with Crippen molar-refractivity contribution < 1.29 is 13.2 Å². The van der Waals surface area contributed by atoms with Gasteiger partial charge in [0, 0.05) is 31.4 Å².